The number of methoxy groups -OCH3 is 2. The highest BCUT2D eigenvalue weighted by molar-refractivity contribution is 5.85. The molecule has 0 aliphatic heterocycles. The summed E-state index contributed by atoms with van der Waals surface area (Å²) in [5.41, 5.74) is -0.442. The number of phenols is 1. The lowest BCUT2D eigenvalue weighted by molar-refractivity contribution is -0.155. The van der Waals surface area contributed by atoms with Crippen molar-refractivity contribution in [1.29, 1.82) is 0 Å². The number of nitrogens with one attached hydrogen (secondary N) is 1. The predicted octanol–water partition coefficient (Wildman–Crippen LogP) is 2.89. The molecule has 6 nitrogen and oxygen atoms in total. The summed E-state index contributed by atoms with van der Waals surface area (Å²) >= 11 is 0. The molecule has 2 unspecified atom stereocenters. The average molecular weight is 379 g/mol. The van der Waals surface area contributed by atoms with Crippen LogP contribution in [0.15, 0.2) is 12.1 Å². The zero-order valence-electron chi connectivity index (χ0n) is 17.0. The third-order valence-corrected chi connectivity index (χ3v) is 5.68. The van der Waals surface area contributed by atoms with Crippen LogP contribution in [0, 0.1) is 17.8 Å². The van der Waals surface area contributed by atoms with Crippen molar-refractivity contribution in [1.82, 2.24) is 5.32 Å². The Hall–Kier alpha value is -1.95. The van der Waals surface area contributed by atoms with Crippen LogP contribution in [-0.4, -0.2) is 42.5 Å². The number of hydrogen-bond acceptors (Lipinski definition) is 5. The van der Waals surface area contributed by atoms with Crippen LogP contribution in [-0.2, 0) is 11.2 Å². The molecule has 1 aliphatic carbocycles. The van der Waals surface area contributed by atoms with Crippen LogP contribution in [0.25, 0.3) is 0 Å². The molecule has 3 atom stereocenters. The SMILES string of the molecule is COc1cc(CCNC(=O)[C@@]2(O)CC(C)CCC2C(C)C)cc(OC)c1O. The quantitative estimate of drug-likeness (QED) is 0.678. The van der Waals surface area contributed by atoms with E-state index in [4.69, 9.17) is 9.47 Å². The smallest absolute Gasteiger partial charge is 0.252 e. The molecule has 6 heteroatoms. The molecule has 0 bridgehead atoms. The van der Waals surface area contributed by atoms with Gasteiger partial charge in [0.25, 0.3) is 5.91 Å². The van der Waals surface area contributed by atoms with E-state index in [1.54, 1.807) is 12.1 Å². The first-order chi connectivity index (χ1) is 12.7. The summed E-state index contributed by atoms with van der Waals surface area (Å²) in [4.78, 5) is 12.8. The number of ether oxygens (including phenoxy) is 2. The first-order valence-electron chi connectivity index (χ1n) is 9.67. The molecule has 1 fully saturated rings. The second-order valence-corrected chi connectivity index (χ2v) is 8.02. The highest BCUT2D eigenvalue weighted by atomic mass is 16.5. The normalized spacial score (nSPS) is 25.3. The largest absolute Gasteiger partial charge is 0.502 e. The zero-order chi connectivity index (χ0) is 20.2. The van der Waals surface area contributed by atoms with Gasteiger partial charge in [0, 0.05) is 6.54 Å². The van der Waals surface area contributed by atoms with Crippen molar-refractivity contribution in [2.45, 2.75) is 52.1 Å². The van der Waals surface area contributed by atoms with Crippen molar-refractivity contribution in [3.05, 3.63) is 17.7 Å². The summed E-state index contributed by atoms with van der Waals surface area (Å²) in [6.07, 6.45) is 2.96. The lowest BCUT2D eigenvalue weighted by Crippen LogP contribution is -2.56. The number of hydrogen-bond donors (Lipinski definition) is 3. The lowest BCUT2D eigenvalue weighted by atomic mass is 9.66. The van der Waals surface area contributed by atoms with E-state index in [1.165, 1.54) is 14.2 Å². The zero-order valence-corrected chi connectivity index (χ0v) is 17.0. The number of carbonyl (C=O) groups excluding carboxylic acids is 1. The molecule has 1 saturated carbocycles. The highest BCUT2D eigenvalue weighted by Crippen LogP contribution is 2.41. The molecule has 27 heavy (non-hydrogen) atoms. The maximum absolute atomic E-state index is 12.8. The van der Waals surface area contributed by atoms with Crippen LogP contribution in [0.2, 0.25) is 0 Å². The first-order valence-corrected chi connectivity index (χ1v) is 9.67. The van der Waals surface area contributed by atoms with Crippen LogP contribution in [0.3, 0.4) is 0 Å². The van der Waals surface area contributed by atoms with Crippen LogP contribution < -0.4 is 14.8 Å². The van der Waals surface area contributed by atoms with Gasteiger partial charge in [-0.2, -0.15) is 0 Å². The molecule has 0 spiro atoms. The minimum atomic E-state index is -1.31. The van der Waals surface area contributed by atoms with E-state index in [9.17, 15) is 15.0 Å². The summed E-state index contributed by atoms with van der Waals surface area (Å²) in [7, 11) is 2.96. The van der Waals surface area contributed by atoms with E-state index in [-0.39, 0.29) is 23.5 Å². The molecule has 2 rings (SSSR count). The van der Waals surface area contributed by atoms with Gasteiger partial charge < -0.3 is 25.0 Å². The minimum absolute atomic E-state index is 0.0254. The summed E-state index contributed by atoms with van der Waals surface area (Å²) in [6.45, 7) is 6.60. The molecule has 0 heterocycles. The Balaban J connectivity index is 2.04. The minimum Gasteiger partial charge on any atom is -0.502 e. The third kappa shape index (κ3) is 4.67. The van der Waals surface area contributed by atoms with Gasteiger partial charge in [0.15, 0.2) is 11.5 Å². The van der Waals surface area contributed by atoms with E-state index in [1.807, 2.05) is 0 Å². The fourth-order valence-corrected chi connectivity index (χ4v) is 4.20. The van der Waals surface area contributed by atoms with Gasteiger partial charge in [-0.05, 0) is 54.7 Å². The van der Waals surface area contributed by atoms with Crippen molar-refractivity contribution < 1.29 is 24.5 Å². The van der Waals surface area contributed by atoms with Crippen LogP contribution in [0.4, 0.5) is 0 Å². The number of carbonyl (C=O) groups is 1. The number of aromatic hydroxyl groups is 1. The maximum atomic E-state index is 12.8. The van der Waals surface area contributed by atoms with E-state index in [0.29, 0.717) is 36.8 Å². The van der Waals surface area contributed by atoms with Crippen molar-refractivity contribution in [3.8, 4) is 17.2 Å². The maximum Gasteiger partial charge on any atom is 0.252 e. The van der Waals surface area contributed by atoms with Crippen LogP contribution in [0.1, 0.15) is 45.6 Å². The Morgan fingerprint density at radius 3 is 2.37 bits per heavy atom. The molecular formula is C21H33NO5. The molecule has 0 radical (unpaired) electrons. The van der Waals surface area contributed by atoms with E-state index >= 15 is 0 Å². The van der Waals surface area contributed by atoms with E-state index in [2.05, 4.69) is 26.1 Å². The summed E-state index contributed by atoms with van der Waals surface area (Å²) in [5, 5.41) is 24.0. The molecule has 1 aliphatic rings. The molecule has 0 aromatic heterocycles. The van der Waals surface area contributed by atoms with Gasteiger partial charge in [0.1, 0.15) is 5.60 Å². The second-order valence-electron chi connectivity index (χ2n) is 8.02. The third-order valence-electron chi connectivity index (χ3n) is 5.68. The lowest BCUT2D eigenvalue weighted by Gasteiger charge is -2.43. The van der Waals surface area contributed by atoms with E-state index in [0.717, 1.165) is 18.4 Å². The molecule has 1 aromatic carbocycles. The predicted molar refractivity (Wildman–Crippen MR) is 104 cm³/mol. The topological polar surface area (TPSA) is 88.0 Å². The number of benzene rings is 1. The standard InChI is InChI=1S/C21H33NO5/c1-13(2)16-7-6-14(3)12-21(16,25)20(24)22-9-8-15-10-17(26-4)19(23)18(11-15)27-5/h10-11,13-14,16,23,25H,6-9,12H2,1-5H3,(H,22,24)/t14?,16?,21-/m1/s1. The molecule has 1 amide bonds. The average Bonchev–Trinajstić information content (AvgIpc) is 2.62. The van der Waals surface area contributed by atoms with Crippen LogP contribution in [0.5, 0.6) is 17.2 Å². The molecule has 152 valence electrons. The van der Waals surface area contributed by atoms with E-state index < -0.39 is 5.60 Å². The molecular weight excluding hydrogens is 346 g/mol. The number of phenolic OH excluding ortho intramolecular Hbond substituents is 1. The summed E-state index contributed by atoms with van der Waals surface area (Å²) < 4.78 is 10.3. The molecule has 1 aromatic rings. The Morgan fingerprint density at radius 2 is 1.85 bits per heavy atom. The monoisotopic (exact) mass is 379 g/mol. The van der Waals surface area contributed by atoms with Crippen LogP contribution >= 0.6 is 0 Å². The molecule has 3 N–H and O–H groups in total. The number of aliphatic hydroxyl groups is 1. The van der Waals surface area contributed by atoms with Crippen molar-refractivity contribution in [3.63, 3.8) is 0 Å². The van der Waals surface area contributed by atoms with Crippen molar-refractivity contribution in [2.75, 3.05) is 20.8 Å². The van der Waals surface area contributed by atoms with Gasteiger partial charge in [0.2, 0.25) is 5.75 Å². The highest BCUT2D eigenvalue weighted by Gasteiger charge is 2.48. The second kappa shape index (κ2) is 8.83. The van der Waals surface area contributed by atoms with Gasteiger partial charge in [-0.25, -0.2) is 0 Å². The Kier molecular flexibility index (Phi) is 6.98. The Labute approximate surface area is 161 Å². The Bertz CT molecular complexity index is 635. The van der Waals surface area contributed by atoms with Gasteiger partial charge in [0.05, 0.1) is 14.2 Å². The number of rotatable bonds is 7. The molecule has 0 saturated heterocycles. The Morgan fingerprint density at radius 1 is 1.26 bits per heavy atom. The fourth-order valence-electron chi connectivity index (χ4n) is 4.20. The first kappa shape index (κ1) is 21.4. The van der Waals surface area contributed by atoms with Gasteiger partial charge in [-0.15, -0.1) is 0 Å². The van der Waals surface area contributed by atoms with Crippen molar-refractivity contribution in [2.24, 2.45) is 17.8 Å². The summed E-state index contributed by atoms with van der Waals surface area (Å²) in [5.74, 6) is 0.886. The summed E-state index contributed by atoms with van der Waals surface area (Å²) in [6, 6.07) is 3.44. The fraction of sp³-hybridized carbons (Fsp3) is 0.667. The van der Waals surface area contributed by atoms with Crippen molar-refractivity contribution >= 4 is 5.91 Å². The number of amides is 1. The van der Waals surface area contributed by atoms with Gasteiger partial charge in [-0.3, -0.25) is 4.79 Å². The van der Waals surface area contributed by atoms with Gasteiger partial charge >= 0.3 is 0 Å². The van der Waals surface area contributed by atoms with Gasteiger partial charge in [-0.1, -0.05) is 27.2 Å².